The van der Waals surface area contributed by atoms with Gasteiger partial charge in [-0.1, -0.05) is 33.6 Å². The van der Waals surface area contributed by atoms with Crippen molar-refractivity contribution in [1.29, 1.82) is 0 Å². The second-order valence-electron chi connectivity index (χ2n) is 7.53. The lowest BCUT2D eigenvalue weighted by Crippen LogP contribution is -2.64. The van der Waals surface area contributed by atoms with Gasteiger partial charge in [0.2, 0.25) is 0 Å². The molecule has 5 unspecified atom stereocenters. The second-order valence-corrected chi connectivity index (χ2v) is 7.53. The van der Waals surface area contributed by atoms with Crippen LogP contribution in [-0.4, -0.2) is 0 Å². The van der Waals surface area contributed by atoms with Gasteiger partial charge in [0, 0.05) is 0 Å². The van der Waals surface area contributed by atoms with Crippen molar-refractivity contribution in [2.75, 3.05) is 0 Å². The summed E-state index contributed by atoms with van der Waals surface area (Å²) in [7, 11) is 0. The van der Waals surface area contributed by atoms with E-state index in [0.29, 0.717) is 0 Å². The zero-order valence-corrected chi connectivity index (χ0v) is 10.5. The predicted octanol–water partition coefficient (Wildman–Crippen LogP) is 4.25. The molecule has 0 radical (unpaired) electrons. The first kappa shape index (κ1) is 9.07. The van der Waals surface area contributed by atoms with Gasteiger partial charge in [0.25, 0.3) is 0 Å². The SMILES string of the molecule is CCCC1CC23CC4C(CC(C)C)(C2)C143. The summed E-state index contributed by atoms with van der Waals surface area (Å²) in [5.74, 6) is 3.30. The molecule has 4 aliphatic carbocycles. The number of hydrogen-bond donors (Lipinski definition) is 0. The molecule has 4 fully saturated rings. The average Bonchev–Trinajstić information content (AvgIpc) is 2.39. The van der Waals surface area contributed by atoms with Crippen LogP contribution in [0.15, 0.2) is 0 Å². The van der Waals surface area contributed by atoms with Crippen LogP contribution in [0.2, 0.25) is 0 Å². The molecule has 0 aromatic carbocycles. The molecule has 0 bridgehead atoms. The highest BCUT2D eigenvalue weighted by molar-refractivity contribution is 5.50. The van der Waals surface area contributed by atoms with Crippen LogP contribution in [0.5, 0.6) is 0 Å². The molecule has 0 aromatic heterocycles. The van der Waals surface area contributed by atoms with Gasteiger partial charge in [0.05, 0.1) is 0 Å². The Morgan fingerprint density at radius 1 is 1.27 bits per heavy atom. The quantitative estimate of drug-likeness (QED) is 0.642. The molecule has 1 spiro atoms. The van der Waals surface area contributed by atoms with Gasteiger partial charge in [0.15, 0.2) is 0 Å². The van der Waals surface area contributed by atoms with Crippen LogP contribution in [0.1, 0.15) is 59.3 Å². The smallest absolute Gasteiger partial charge is 0.0118 e. The van der Waals surface area contributed by atoms with Crippen LogP contribution in [-0.2, 0) is 0 Å². The van der Waals surface area contributed by atoms with Gasteiger partial charge in [-0.25, -0.2) is 0 Å². The van der Waals surface area contributed by atoms with Crippen LogP contribution < -0.4 is 0 Å². The van der Waals surface area contributed by atoms with E-state index in [2.05, 4.69) is 20.8 Å². The van der Waals surface area contributed by atoms with Crippen molar-refractivity contribution in [1.82, 2.24) is 0 Å². The van der Waals surface area contributed by atoms with Crippen molar-refractivity contribution >= 4 is 0 Å². The van der Waals surface area contributed by atoms with Gasteiger partial charge in [-0.05, 0) is 59.7 Å². The Morgan fingerprint density at radius 3 is 2.67 bits per heavy atom. The van der Waals surface area contributed by atoms with Gasteiger partial charge >= 0.3 is 0 Å². The maximum Gasteiger partial charge on any atom is -0.0118 e. The molecule has 0 nitrogen and oxygen atoms in total. The van der Waals surface area contributed by atoms with E-state index in [4.69, 9.17) is 0 Å². The molecule has 84 valence electrons. The summed E-state index contributed by atoms with van der Waals surface area (Å²) >= 11 is 0. The lowest BCUT2D eigenvalue weighted by molar-refractivity contribution is -0.230. The Kier molecular flexibility index (Phi) is 1.31. The molecule has 0 N–H and O–H groups in total. The van der Waals surface area contributed by atoms with E-state index in [9.17, 15) is 0 Å². The van der Waals surface area contributed by atoms with E-state index in [0.717, 1.165) is 28.1 Å². The monoisotopic (exact) mass is 204 g/mol. The summed E-state index contributed by atoms with van der Waals surface area (Å²) in [4.78, 5) is 0. The Labute approximate surface area is 93.8 Å². The molecule has 0 heterocycles. The highest BCUT2D eigenvalue weighted by Gasteiger charge is 3.03. The third-order valence-corrected chi connectivity index (χ3v) is 6.77. The standard InChI is InChI=1S/C15H24/c1-4-5-11-7-13-8-12-14(9-13,6-10(2)3)15(11,12)13/h10-12H,4-9H2,1-3H3. The lowest BCUT2D eigenvalue weighted by atomic mass is 9.33. The van der Waals surface area contributed by atoms with Crippen molar-refractivity contribution in [3.8, 4) is 0 Å². The van der Waals surface area contributed by atoms with Crippen LogP contribution in [0.4, 0.5) is 0 Å². The van der Waals surface area contributed by atoms with Crippen LogP contribution >= 0.6 is 0 Å². The number of fused-ring (bicyclic) bond motifs is 1. The summed E-state index contributed by atoms with van der Waals surface area (Å²) in [5, 5.41) is 0. The van der Waals surface area contributed by atoms with Gasteiger partial charge in [0.1, 0.15) is 0 Å². The molecular weight excluding hydrogens is 180 g/mol. The first-order valence-corrected chi connectivity index (χ1v) is 7.13. The third-order valence-electron chi connectivity index (χ3n) is 6.77. The molecule has 0 aromatic rings. The minimum absolute atomic E-state index is 0.902. The fraction of sp³-hybridized carbons (Fsp3) is 1.00. The summed E-state index contributed by atoms with van der Waals surface area (Å²) in [6.45, 7) is 7.23. The molecule has 0 aliphatic heterocycles. The van der Waals surface area contributed by atoms with Crippen LogP contribution in [0, 0.1) is 34.0 Å². The van der Waals surface area contributed by atoms with E-state index in [1.807, 2.05) is 0 Å². The number of hydrogen-bond acceptors (Lipinski definition) is 0. The maximum absolute atomic E-state index is 2.43. The van der Waals surface area contributed by atoms with Crippen molar-refractivity contribution < 1.29 is 0 Å². The molecule has 0 amide bonds. The molecule has 5 atom stereocenters. The van der Waals surface area contributed by atoms with Crippen molar-refractivity contribution in [2.45, 2.75) is 59.3 Å². The highest BCUT2D eigenvalue weighted by atomic mass is 15.1. The lowest BCUT2D eigenvalue weighted by Gasteiger charge is -2.71. The predicted molar refractivity (Wildman–Crippen MR) is 62.5 cm³/mol. The fourth-order valence-corrected chi connectivity index (χ4v) is 7.12. The Morgan fingerprint density at radius 2 is 2.07 bits per heavy atom. The molecular formula is C15H24. The van der Waals surface area contributed by atoms with Gasteiger partial charge < -0.3 is 0 Å². The normalized spacial score (nSPS) is 62.4. The van der Waals surface area contributed by atoms with E-state index >= 15 is 0 Å². The van der Waals surface area contributed by atoms with Gasteiger partial charge in [-0.15, -0.1) is 0 Å². The van der Waals surface area contributed by atoms with Gasteiger partial charge in [-0.2, -0.15) is 0 Å². The van der Waals surface area contributed by atoms with E-state index < -0.39 is 0 Å². The molecule has 4 saturated carbocycles. The summed E-state index contributed by atoms with van der Waals surface area (Å²) < 4.78 is 0. The number of rotatable bonds is 4. The Hall–Kier alpha value is 0. The highest BCUT2D eigenvalue weighted by Crippen LogP contribution is 3.09. The van der Waals surface area contributed by atoms with Crippen LogP contribution in [0.25, 0.3) is 0 Å². The zero-order valence-electron chi connectivity index (χ0n) is 10.5. The summed E-state index contributed by atoms with van der Waals surface area (Å²) in [5.41, 5.74) is 2.80. The molecule has 0 saturated heterocycles. The summed E-state index contributed by atoms with van der Waals surface area (Å²) in [6.07, 6.45) is 9.42. The maximum atomic E-state index is 2.43. The largest absolute Gasteiger partial charge is 0.0654 e. The summed E-state index contributed by atoms with van der Waals surface area (Å²) in [6, 6.07) is 0. The van der Waals surface area contributed by atoms with E-state index in [1.165, 1.54) is 18.8 Å². The second kappa shape index (κ2) is 2.17. The van der Waals surface area contributed by atoms with Crippen molar-refractivity contribution in [3.63, 3.8) is 0 Å². The zero-order chi connectivity index (χ0) is 10.5. The van der Waals surface area contributed by atoms with Crippen molar-refractivity contribution in [3.05, 3.63) is 0 Å². The molecule has 15 heavy (non-hydrogen) atoms. The first-order valence-electron chi connectivity index (χ1n) is 7.13. The average molecular weight is 204 g/mol. The molecule has 4 aliphatic rings. The fourth-order valence-electron chi connectivity index (χ4n) is 7.12. The minimum Gasteiger partial charge on any atom is -0.0654 e. The van der Waals surface area contributed by atoms with Crippen LogP contribution in [0.3, 0.4) is 0 Å². The van der Waals surface area contributed by atoms with E-state index in [1.54, 1.807) is 25.7 Å². The van der Waals surface area contributed by atoms with Crippen molar-refractivity contribution in [2.24, 2.45) is 34.0 Å². The topological polar surface area (TPSA) is 0 Å². The molecule has 4 rings (SSSR count). The Balaban J connectivity index is 1.59. The Bertz CT molecular complexity index is 331. The minimum atomic E-state index is 0.902. The third kappa shape index (κ3) is 0.599. The van der Waals surface area contributed by atoms with Gasteiger partial charge in [-0.3, -0.25) is 0 Å². The molecule has 0 heteroatoms. The first-order chi connectivity index (χ1) is 7.13. The van der Waals surface area contributed by atoms with E-state index in [-0.39, 0.29) is 0 Å².